The van der Waals surface area contributed by atoms with E-state index in [4.69, 9.17) is 21.6 Å². The minimum atomic E-state index is -4.16. The Kier molecular flexibility index (Phi) is 6.61. The van der Waals surface area contributed by atoms with Crippen LogP contribution >= 0.6 is 11.6 Å². The van der Waals surface area contributed by atoms with Gasteiger partial charge in [-0.05, 0) is 48.9 Å². The highest BCUT2D eigenvalue weighted by Gasteiger charge is 2.35. The van der Waals surface area contributed by atoms with Crippen LogP contribution in [0.25, 0.3) is 0 Å². The molecule has 176 valence electrons. The van der Waals surface area contributed by atoms with Crippen molar-refractivity contribution in [3.63, 3.8) is 0 Å². The van der Waals surface area contributed by atoms with E-state index in [1.165, 1.54) is 54.6 Å². The van der Waals surface area contributed by atoms with Crippen LogP contribution in [0.4, 0.5) is 15.8 Å². The van der Waals surface area contributed by atoms with Crippen molar-refractivity contribution in [1.82, 2.24) is 0 Å². The maximum Gasteiger partial charge on any atom is 0.264 e. The number of hydrogen-bond donors (Lipinski definition) is 2. The third kappa shape index (κ3) is 4.50. The number of carbonyl (C=O) groups excluding carboxylic acids is 1. The number of aliphatic hydroxyl groups is 1. The van der Waals surface area contributed by atoms with Crippen molar-refractivity contribution >= 4 is 38.9 Å². The molecule has 8 nitrogen and oxygen atoms in total. The summed E-state index contributed by atoms with van der Waals surface area (Å²) in [6.45, 7) is -0.630. The van der Waals surface area contributed by atoms with Crippen LogP contribution in [0.2, 0.25) is 0 Å². The van der Waals surface area contributed by atoms with E-state index in [9.17, 15) is 22.7 Å². The van der Waals surface area contributed by atoms with Gasteiger partial charge in [-0.25, -0.2) is 12.8 Å². The molecule has 2 aromatic rings. The van der Waals surface area contributed by atoms with Crippen molar-refractivity contribution in [3.8, 4) is 11.8 Å². The number of anilines is 2. The lowest BCUT2D eigenvalue weighted by Gasteiger charge is -2.35. The van der Waals surface area contributed by atoms with Gasteiger partial charge < -0.3 is 15.2 Å². The second-order valence-corrected chi connectivity index (χ2v) is 9.99. The van der Waals surface area contributed by atoms with E-state index in [0.29, 0.717) is 6.42 Å². The highest BCUT2D eigenvalue weighted by molar-refractivity contribution is 7.92. The van der Waals surface area contributed by atoms with Gasteiger partial charge in [0.1, 0.15) is 17.7 Å². The monoisotopic (exact) mass is 503 g/mol. The normalized spacial score (nSPS) is 19.8. The number of halogens is 2. The van der Waals surface area contributed by atoms with Crippen molar-refractivity contribution in [3.05, 3.63) is 71.6 Å². The Hall–Kier alpha value is -3.39. The fourth-order valence-corrected chi connectivity index (χ4v) is 5.51. The average molecular weight is 504 g/mol. The third-order valence-electron chi connectivity index (χ3n) is 5.33. The average Bonchev–Trinajstić information content (AvgIpc) is 2.83. The molecule has 0 bridgehead atoms. The Morgan fingerprint density at radius 3 is 2.82 bits per heavy atom. The highest BCUT2D eigenvalue weighted by atomic mass is 35.5. The molecule has 34 heavy (non-hydrogen) atoms. The zero-order valence-electron chi connectivity index (χ0n) is 17.6. The van der Waals surface area contributed by atoms with Gasteiger partial charge in [0.15, 0.2) is 0 Å². The summed E-state index contributed by atoms with van der Waals surface area (Å²) in [5.74, 6) is -1.31. The van der Waals surface area contributed by atoms with Gasteiger partial charge in [-0.3, -0.25) is 9.10 Å². The first-order valence-corrected chi connectivity index (χ1v) is 12.1. The number of ether oxygens (including phenoxy) is 1. The molecule has 0 fully saturated rings. The SMILES string of the molecule is N#Cc1cccc(S(=O)(=O)N2C[C@H](CO)Oc3ccc(NC(=O)C4=C(F)C=CCC4Cl)cc32)c1. The van der Waals surface area contributed by atoms with Gasteiger partial charge in [0, 0.05) is 5.69 Å². The number of hydrogen-bond acceptors (Lipinski definition) is 6. The molecular formula is C23H19ClFN3O5S. The number of fused-ring (bicyclic) bond motifs is 1. The van der Waals surface area contributed by atoms with Gasteiger partial charge in [-0.2, -0.15) is 5.26 Å². The van der Waals surface area contributed by atoms with Crippen LogP contribution in [-0.2, 0) is 14.8 Å². The molecular weight excluding hydrogens is 485 g/mol. The molecule has 0 aromatic heterocycles. The van der Waals surface area contributed by atoms with Crippen molar-refractivity contribution in [2.24, 2.45) is 0 Å². The summed E-state index contributed by atoms with van der Waals surface area (Å²) < 4.78 is 47.8. The molecule has 2 N–H and O–H groups in total. The maximum absolute atomic E-state index is 14.2. The molecule has 2 atom stereocenters. The number of nitrogens with one attached hydrogen (secondary N) is 1. The van der Waals surface area contributed by atoms with Gasteiger partial charge in [0.05, 0.1) is 46.3 Å². The van der Waals surface area contributed by atoms with Gasteiger partial charge in [0.2, 0.25) is 0 Å². The van der Waals surface area contributed by atoms with Crippen LogP contribution in [0.5, 0.6) is 5.75 Å². The lowest BCUT2D eigenvalue weighted by molar-refractivity contribution is -0.113. The molecule has 4 rings (SSSR count). The Bertz CT molecular complexity index is 1350. The van der Waals surface area contributed by atoms with E-state index in [2.05, 4.69) is 5.32 Å². The van der Waals surface area contributed by atoms with Crippen molar-refractivity contribution in [1.29, 1.82) is 5.26 Å². The second-order valence-electron chi connectivity index (χ2n) is 7.60. The minimum absolute atomic E-state index is 0.114. The van der Waals surface area contributed by atoms with Crippen molar-refractivity contribution in [2.75, 3.05) is 22.8 Å². The van der Waals surface area contributed by atoms with E-state index >= 15 is 0 Å². The van der Waals surface area contributed by atoms with E-state index in [-0.39, 0.29) is 39.7 Å². The molecule has 1 aliphatic heterocycles. The smallest absolute Gasteiger partial charge is 0.264 e. The summed E-state index contributed by atoms with van der Waals surface area (Å²) in [4.78, 5) is 12.6. The van der Waals surface area contributed by atoms with Gasteiger partial charge in [0.25, 0.3) is 15.9 Å². The van der Waals surface area contributed by atoms with E-state index in [0.717, 1.165) is 4.31 Å². The predicted molar refractivity (Wildman–Crippen MR) is 124 cm³/mol. The van der Waals surface area contributed by atoms with Crippen LogP contribution in [0.15, 0.2) is 70.9 Å². The summed E-state index contributed by atoms with van der Waals surface area (Å²) in [6, 6.07) is 11.7. The number of nitrogens with zero attached hydrogens (tertiary/aromatic N) is 2. The summed E-state index contributed by atoms with van der Waals surface area (Å²) >= 11 is 6.10. The van der Waals surface area contributed by atoms with Crippen LogP contribution in [0, 0.1) is 11.3 Å². The third-order valence-corrected chi connectivity index (χ3v) is 7.50. The first-order chi connectivity index (χ1) is 16.2. The zero-order chi connectivity index (χ0) is 24.5. The Morgan fingerprint density at radius 2 is 2.12 bits per heavy atom. The van der Waals surface area contributed by atoms with E-state index in [1.54, 1.807) is 0 Å². The molecule has 2 aliphatic rings. The minimum Gasteiger partial charge on any atom is -0.484 e. The number of rotatable bonds is 5. The summed E-state index contributed by atoms with van der Waals surface area (Å²) in [5, 5.41) is 20.5. The quantitative estimate of drug-likeness (QED) is 0.604. The molecule has 0 saturated heterocycles. The number of sulfonamides is 1. The molecule has 11 heteroatoms. The van der Waals surface area contributed by atoms with Gasteiger partial charge >= 0.3 is 0 Å². The van der Waals surface area contributed by atoms with Crippen molar-refractivity contribution < 1.29 is 27.4 Å². The van der Waals surface area contributed by atoms with Crippen LogP contribution < -0.4 is 14.4 Å². The first-order valence-electron chi connectivity index (χ1n) is 10.2. The van der Waals surface area contributed by atoms with Crippen LogP contribution in [0.3, 0.4) is 0 Å². The molecule has 0 saturated carbocycles. The number of alkyl halides is 1. The van der Waals surface area contributed by atoms with E-state index in [1.807, 2.05) is 6.07 Å². The number of carbonyl (C=O) groups is 1. The van der Waals surface area contributed by atoms with Gasteiger partial charge in [-0.15, -0.1) is 11.6 Å². The Balaban J connectivity index is 1.72. The number of allylic oxidation sites excluding steroid dienone is 3. The fraction of sp³-hybridized carbons (Fsp3) is 0.217. The Labute approximate surface area is 200 Å². The summed E-state index contributed by atoms with van der Waals surface area (Å²) in [7, 11) is -4.16. The molecule has 1 amide bonds. The van der Waals surface area contributed by atoms with Crippen LogP contribution in [-0.4, -0.2) is 44.1 Å². The standard InChI is InChI=1S/C23H19ClFN3O5S/c24-18-5-2-6-19(25)22(18)23(30)27-15-7-8-21-20(10-15)28(12-16(13-29)33-21)34(31,32)17-4-1-3-14(9-17)11-26/h1-4,6-10,16,18,29H,5,12-13H2,(H,27,30)/t16-,18?/m1/s1. The number of nitriles is 1. The summed E-state index contributed by atoms with van der Waals surface area (Å²) in [5.41, 5.74) is 0.266. The van der Waals surface area contributed by atoms with E-state index < -0.39 is 39.8 Å². The lowest BCUT2D eigenvalue weighted by atomic mass is 10.0. The number of aliphatic hydroxyl groups excluding tert-OH is 1. The van der Waals surface area contributed by atoms with Gasteiger partial charge in [-0.1, -0.05) is 12.1 Å². The molecule has 0 spiro atoms. The summed E-state index contributed by atoms with van der Waals surface area (Å²) in [6.07, 6.45) is 2.17. The Morgan fingerprint density at radius 1 is 1.32 bits per heavy atom. The molecule has 1 unspecified atom stereocenters. The molecule has 2 aromatic carbocycles. The fourth-order valence-electron chi connectivity index (χ4n) is 3.66. The van der Waals surface area contributed by atoms with Crippen LogP contribution in [0.1, 0.15) is 12.0 Å². The second kappa shape index (κ2) is 9.46. The molecule has 1 heterocycles. The number of amides is 1. The van der Waals surface area contributed by atoms with Crippen molar-refractivity contribution in [2.45, 2.75) is 22.8 Å². The first kappa shape index (κ1) is 23.8. The highest BCUT2D eigenvalue weighted by Crippen LogP contribution is 2.39. The topological polar surface area (TPSA) is 120 Å². The maximum atomic E-state index is 14.2. The predicted octanol–water partition coefficient (Wildman–Crippen LogP) is 3.24. The largest absolute Gasteiger partial charge is 0.484 e. The molecule has 1 aliphatic carbocycles. The number of benzene rings is 2. The molecule has 0 radical (unpaired) electrons. The zero-order valence-corrected chi connectivity index (χ0v) is 19.2. The lowest BCUT2D eigenvalue weighted by Crippen LogP contribution is -2.45.